The van der Waals surface area contributed by atoms with Gasteiger partial charge in [-0.15, -0.1) is 0 Å². The van der Waals surface area contributed by atoms with Gasteiger partial charge in [-0.25, -0.2) is 0 Å². The van der Waals surface area contributed by atoms with Crippen LogP contribution < -0.4 is 5.32 Å². The van der Waals surface area contributed by atoms with Gasteiger partial charge in [0.2, 0.25) is 0 Å². The monoisotopic (exact) mass is 402 g/mol. The molecule has 8 heteroatoms. The second kappa shape index (κ2) is 9.64. The molecule has 0 saturated carbocycles. The molecule has 28 heavy (non-hydrogen) atoms. The van der Waals surface area contributed by atoms with E-state index in [-0.39, 0.29) is 16.3 Å². The zero-order valence-corrected chi connectivity index (χ0v) is 16.3. The summed E-state index contributed by atoms with van der Waals surface area (Å²) >= 11 is 5.79. The van der Waals surface area contributed by atoms with E-state index < -0.39 is 10.8 Å². The molecule has 3 rings (SSSR count). The van der Waals surface area contributed by atoms with Crippen LogP contribution in [0.1, 0.15) is 15.9 Å². The van der Waals surface area contributed by atoms with Crippen LogP contribution in [0.25, 0.3) is 0 Å². The summed E-state index contributed by atoms with van der Waals surface area (Å²) in [7, 11) is 0. The average Bonchev–Trinajstić information content (AvgIpc) is 2.70. The standard InChI is InChI=1S/C20H23ClN4O3/c21-17-6-7-18(19(14-17)25(27)28)20(26)22-8-9-23-10-12-24(13-11-23)15-16-4-2-1-3-5-16/h1-7,14H,8-13,15H2,(H,22,26). The van der Waals surface area contributed by atoms with Gasteiger partial charge in [0, 0.05) is 56.9 Å². The quantitative estimate of drug-likeness (QED) is 0.569. The van der Waals surface area contributed by atoms with E-state index in [0.717, 1.165) is 32.7 Å². The predicted molar refractivity (Wildman–Crippen MR) is 109 cm³/mol. The first-order valence-electron chi connectivity index (χ1n) is 9.24. The number of carbonyl (C=O) groups excluding carboxylic acids is 1. The molecule has 1 amide bonds. The van der Waals surface area contributed by atoms with Crippen LogP contribution in [0.15, 0.2) is 48.5 Å². The molecular weight excluding hydrogens is 380 g/mol. The first-order chi connectivity index (χ1) is 13.5. The molecule has 1 aliphatic rings. The Hall–Kier alpha value is -2.48. The Labute approximate surface area is 169 Å². The molecule has 0 bridgehead atoms. The summed E-state index contributed by atoms with van der Waals surface area (Å²) in [5, 5.41) is 14.1. The van der Waals surface area contributed by atoms with Crippen molar-refractivity contribution >= 4 is 23.2 Å². The van der Waals surface area contributed by atoms with E-state index >= 15 is 0 Å². The Bertz CT molecular complexity index is 823. The van der Waals surface area contributed by atoms with Crippen LogP contribution in [0.3, 0.4) is 0 Å². The summed E-state index contributed by atoms with van der Waals surface area (Å²) < 4.78 is 0. The molecule has 2 aromatic rings. The maximum Gasteiger partial charge on any atom is 0.283 e. The lowest BCUT2D eigenvalue weighted by Gasteiger charge is -2.34. The maximum atomic E-state index is 12.3. The summed E-state index contributed by atoms with van der Waals surface area (Å²) in [6, 6.07) is 14.5. The zero-order valence-electron chi connectivity index (χ0n) is 15.5. The minimum Gasteiger partial charge on any atom is -0.351 e. The smallest absolute Gasteiger partial charge is 0.283 e. The number of nitro benzene ring substituents is 1. The number of nitro groups is 1. The van der Waals surface area contributed by atoms with E-state index in [1.807, 2.05) is 6.07 Å². The van der Waals surface area contributed by atoms with Crippen molar-refractivity contribution < 1.29 is 9.72 Å². The summed E-state index contributed by atoms with van der Waals surface area (Å²) in [4.78, 5) is 27.5. The highest BCUT2D eigenvalue weighted by molar-refractivity contribution is 6.31. The number of hydrogen-bond acceptors (Lipinski definition) is 5. The number of nitrogens with one attached hydrogen (secondary N) is 1. The SMILES string of the molecule is O=C(NCCN1CCN(Cc2ccccc2)CC1)c1ccc(Cl)cc1[N+](=O)[O-]. The Morgan fingerprint density at radius 1 is 1.07 bits per heavy atom. The van der Waals surface area contributed by atoms with Crippen molar-refractivity contribution in [2.75, 3.05) is 39.3 Å². The van der Waals surface area contributed by atoms with Gasteiger partial charge in [-0.3, -0.25) is 24.7 Å². The number of rotatable bonds is 7. The number of nitrogens with zero attached hydrogens (tertiary/aromatic N) is 3. The molecule has 1 N–H and O–H groups in total. The molecule has 2 aromatic carbocycles. The van der Waals surface area contributed by atoms with Gasteiger partial charge in [0.15, 0.2) is 0 Å². The third-order valence-corrected chi connectivity index (χ3v) is 5.06. The van der Waals surface area contributed by atoms with Crippen molar-refractivity contribution in [3.8, 4) is 0 Å². The summed E-state index contributed by atoms with van der Waals surface area (Å²) in [5.74, 6) is -0.453. The summed E-state index contributed by atoms with van der Waals surface area (Å²) in [5.41, 5.74) is 1.06. The van der Waals surface area contributed by atoms with E-state index in [1.54, 1.807) is 0 Å². The molecule has 0 radical (unpaired) electrons. The maximum absolute atomic E-state index is 12.3. The van der Waals surface area contributed by atoms with Crippen molar-refractivity contribution in [1.82, 2.24) is 15.1 Å². The van der Waals surface area contributed by atoms with E-state index in [9.17, 15) is 14.9 Å². The van der Waals surface area contributed by atoms with Crippen molar-refractivity contribution in [2.24, 2.45) is 0 Å². The normalized spacial score (nSPS) is 15.3. The number of benzene rings is 2. The van der Waals surface area contributed by atoms with Crippen molar-refractivity contribution in [3.05, 3.63) is 74.8 Å². The fourth-order valence-electron chi connectivity index (χ4n) is 3.28. The lowest BCUT2D eigenvalue weighted by atomic mass is 10.1. The van der Waals surface area contributed by atoms with Gasteiger partial charge in [0.05, 0.1) is 4.92 Å². The number of hydrogen-bond donors (Lipinski definition) is 1. The Morgan fingerprint density at radius 2 is 1.75 bits per heavy atom. The first kappa shape index (κ1) is 20.3. The molecule has 0 atom stereocenters. The molecule has 0 aromatic heterocycles. The molecule has 0 aliphatic carbocycles. The van der Waals surface area contributed by atoms with Crippen molar-refractivity contribution in [1.29, 1.82) is 0 Å². The molecule has 1 aliphatic heterocycles. The van der Waals surface area contributed by atoms with Gasteiger partial charge >= 0.3 is 0 Å². The highest BCUT2D eigenvalue weighted by Gasteiger charge is 2.21. The molecule has 7 nitrogen and oxygen atoms in total. The van der Waals surface area contributed by atoms with Gasteiger partial charge in [-0.05, 0) is 17.7 Å². The average molecular weight is 403 g/mol. The van der Waals surface area contributed by atoms with Crippen molar-refractivity contribution in [3.63, 3.8) is 0 Å². The van der Waals surface area contributed by atoms with Crippen LogP contribution in [0.2, 0.25) is 5.02 Å². The second-order valence-electron chi connectivity index (χ2n) is 6.78. The number of piperazine rings is 1. The van der Waals surface area contributed by atoms with E-state index in [1.165, 1.54) is 23.8 Å². The number of halogens is 1. The highest BCUT2D eigenvalue weighted by atomic mass is 35.5. The topological polar surface area (TPSA) is 78.7 Å². The number of carbonyl (C=O) groups is 1. The molecular formula is C20H23ClN4O3. The van der Waals surface area contributed by atoms with Crippen LogP contribution in [0, 0.1) is 10.1 Å². The van der Waals surface area contributed by atoms with Gasteiger partial charge in [0.25, 0.3) is 11.6 Å². The minimum absolute atomic E-state index is 0.0297. The van der Waals surface area contributed by atoms with Crippen LogP contribution in [0.4, 0.5) is 5.69 Å². The van der Waals surface area contributed by atoms with Gasteiger partial charge < -0.3 is 5.32 Å². The van der Waals surface area contributed by atoms with Gasteiger partial charge in [0.1, 0.15) is 5.56 Å². The molecule has 0 spiro atoms. The minimum atomic E-state index is -0.591. The van der Waals surface area contributed by atoms with Crippen LogP contribution >= 0.6 is 11.6 Å². The van der Waals surface area contributed by atoms with Gasteiger partial charge in [-0.2, -0.15) is 0 Å². The first-order valence-corrected chi connectivity index (χ1v) is 9.61. The highest BCUT2D eigenvalue weighted by Crippen LogP contribution is 2.23. The van der Waals surface area contributed by atoms with Crippen LogP contribution in [-0.2, 0) is 6.54 Å². The third-order valence-electron chi connectivity index (χ3n) is 4.83. The zero-order chi connectivity index (χ0) is 19.9. The Morgan fingerprint density at radius 3 is 2.43 bits per heavy atom. The fraction of sp³-hybridized carbons (Fsp3) is 0.350. The fourth-order valence-corrected chi connectivity index (χ4v) is 3.45. The second-order valence-corrected chi connectivity index (χ2v) is 7.21. The third kappa shape index (κ3) is 5.51. The molecule has 1 saturated heterocycles. The van der Waals surface area contributed by atoms with Gasteiger partial charge in [-0.1, -0.05) is 41.9 Å². The van der Waals surface area contributed by atoms with Crippen LogP contribution in [0.5, 0.6) is 0 Å². The Kier molecular flexibility index (Phi) is 6.97. The summed E-state index contributed by atoms with van der Waals surface area (Å²) in [6.45, 7) is 5.93. The predicted octanol–water partition coefficient (Wildman–Crippen LogP) is 2.80. The molecule has 148 valence electrons. The van der Waals surface area contributed by atoms with Crippen molar-refractivity contribution in [2.45, 2.75) is 6.54 Å². The lowest BCUT2D eigenvalue weighted by Crippen LogP contribution is -2.48. The molecule has 0 unspecified atom stereocenters. The van der Waals surface area contributed by atoms with E-state index in [4.69, 9.17) is 11.6 Å². The largest absolute Gasteiger partial charge is 0.351 e. The summed E-state index contributed by atoms with van der Waals surface area (Å²) in [6.07, 6.45) is 0. The van der Waals surface area contributed by atoms with E-state index in [0.29, 0.717) is 13.1 Å². The lowest BCUT2D eigenvalue weighted by molar-refractivity contribution is -0.385. The van der Waals surface area contributed by atoms with Crippen LogP contribution in [-0.4, -0.2) is 59.9 Å². The number of amides is 1. The van der Waals surface area contributed by atoms with E-state index in [2.05, 4.69) is 39.4 Å². The molecule has 1 heterocycles. The molecule has 1 fully saturated rings. The Balaban J connectivity index is 1.43.